The largest absolute Gasteiger partial charge is 0.417 e. The maximum atomic E-state index is 12.7. The molecule has 2 aliphatic rings. The highest BCUT2D eigenvalue weighted by atomic mass is 32.2. The van der Waals surface area contributed by atoms with E-state index >= 15 is 0 Å². The van der Waals surface area contributed by atoms with Crippen LogP contribution in [0.25, 0.3) is 11.4 Å². The van der Waals surface area contributed by atoms with Crippen LogP contribution in [-0.4, -0.2) is 56.5 Å². The van der Waals surface area contributed by atoms with E-state index < -0.39 is 20.7 Å². The second-order valence-corrected chi connectivity index (χ2v) is 11.8. The lowest BCUT2D eigenvalue weighted by Crippen LogP contribution is -2.45. The molecule has 1 saturated carbocycles. The highest BCUT2D eigenvalue weighted by molar-refractivity contribution is 7.91. The molecule has 2 heterocycles. The second-order valence-electron chi connectivity index (χ2n) is 9.44. The molecule has 1 aliphatic heterocycles. The summed E-state index contributed by atoms with van der Waals surface area (Å²) in [6, 6.07) is 17.9. The summed E-state index contributed by atoms with van der Waals surface area (Å²) in [6.45, 7) is 3.96. The van der Waals surface area contributed by atoms with E-state index in [0.717, 1.165) is 12.0 Å². The van der Waals surface area contributed by atoms with Crippen LogP contribution in [0.1, 0.15) is 31.9 Å². The number of benzene rings is 2. The van der Waals surface area contributed by atoms with Crippen molar-refractivity contribution >= 4 is 27.4 Å². The Morgan fingerprint density at radius 3 is 2.51 bits per heavy atom. The summed E-state index contributed by atoms with van der Waals surface area (Å²) < 4.78 is 35.4. The molecule has 1 amide bonds. The number of carbonyl (C=O) groups excluding carboxylic acids is 1. The number of sulfone groups is 1. The first-order valence-corrected chi connectivity index (χ1v) is 14.3. The topological polar surface area (TPSA) is 111 Å². The fourth-order valence-electron chi connectivity index (χ4n) is 4.61. The maximum Gasteiger partial charge on any atom is 0.417 e. The third kappa shape index (κ3) is 5.30. The molecule has 0 spiro atoms. The number of hydrogen-bond acceptors (Lipinski definition) is 8. The number of carbonyl (C=O) groups is 1. The first kappa shape index (κ1) is 25.2. The third-order valence-corrected chi connectivity index (χ3v) is 8.97. The van der Waals surface area contributed by atoms with Crippen molar-refractivity contribution in [1.29, 1.82) is 0 Å². The van der Waals surface area contributed by atoms with E-state index in [-0.39, 0.29) is 6.04 Å². The molecule has 10 heteroatoms. The van der Waals surface area contributed by atoms with Crippen LogP contribution in [0, 0.1) is 0 Å². The Morgan fingerprint density at radius 1 is 1.14 bits per heavy atom. The molecule has 1 N–H and O–H groups in total. The van der Waals surface area contributed by atoms with Gasteiger partial charge in [-0.25, -0.2) is 23.2 Å². The fourth-order valence-corrected chi connectivity index (χ4v) is 5.94. The van der Waals surface area contributed by atoms with Gasteiger partial charge in [-0.15, -0.1) is 0 Å². The zero-order valence-electron chi connectivity index (χ0n) is 20.9. The quantitative estimate of drug-likeness (QED) is 0.486. The summed E-state index contributed by atoms with van der Waals surface area (Å²) >= 11 is 0. The van der Waals surface area contributed by atoms with E-state index in [2.05, 4.69) is 17.1 Å². The van der Waals surface area contributed by atoms with E-state index in [1.165, 1.54) is 6.26 Å². The summed E-state index contributed by atoms with van der Waals surface area (Å²) in [4.78, 5) is 24.0. The average Bonchev–Trinajstić information content (AvgIpc) is 3.72. The number of nitrogens with one attached hydrogen (secondary N) is 1. The molecule has 5 rings (SSSR count). The van der Waals surface area contributed by atoms with Gasteiger partial charge in [0.15, 0.2) is 15.7 Å². The van der Waals surface area contributed by atoms with Crippen molar-refractivity contribution < 1.29 is 22.7 Å². The van der Waals surface area contributed by atoms with Crippen LogP contribution in [0.5, 0.6) is 5.75 Å². The molecule has 37 heavy (non-hydrogen) atoms. The summed E-state index contributed by atoms with van der Waals surface area (Å²) in [5, 5.41) is 2.71. The molecule has 1 aliphatic carbocycles. The highest BCUT2D eigenvalue weighted by Crippen LogP contribution is 2.52. The van der Waals surface area contributed by atoms with Crippen LogP contribution in [0.15, 0.2) is 60.7 Å². The lowest BCUT2D eigenvalue weighted by atomic mass is 10.1. The van der Waals surface area contributed by atoms with Gasteiger partial charge in [0.1, 0.15) is 16.3 Å². The van der Waals surface area contributed by atoms with Crippen molar-refractivity contribution in [3.05, 3.63) is 66.4 Å². The first-order valence-electron chi connectivity index (χ1n) is 12.4. The summed E-state index contributed by atoms with van der Waals surface area (Å²) in [6.07, 6.45) is 2.66. The molecule has 0 radical (unpaired) electrons. The van der Waals surface area contributed by atoms with Gasteiger partial charge in [-0.05, 0) is 55.7 Å². The number of ether oxygens (including phenoxy) is 2. The summed E-state index contributed by atoms with van der Waals surface area (Å²) in [5.41, 5.74) is 1.80. The lowest BCUT2D eigenvalue weighted by molar-refractivity contribution is 0.0925. The van der Waals surface area contributed by atoms with Crippen molar-refractivity contribution in [2.24, 2.45) is 0 Å². The van der Waals surface area contributed by atoms with Crippen LogP contribution in [0.4, 0.5) is 16.3 Å². The minimum Gasteiger partial charge on any atom is -0.410 e. The van der Waals surface area contributed by atoms with Gasteiger partial charge in [-0.1, -0.05) is 25.1 Å². The zero-order chi connectivity index (χ0) is 26.0. The van der Waals surface area contributed by atoms with Crippen molar-refractivity contribution in [2.45, 2.75) is 37.0 Å². The van der Waals surface area contributed by atoms with Crippen molar-refractivity contribution in [2.75, 3.05) is 36.2 Å². The van der Waals surface area contributed by atoms with E-state index in [9.17, 15) is 13.2 Å². The monoisotopic (exact) mass is 522 g/mol. The Balaban J connectivity index is 1.44. The molecule has 1 saturated heterocycles. The van der Waals surface area contributed by atoms with Gasteiger partial charge in [-0.2, -0.15) is 0 Å². The van der Waals surface area contributed by atoms with Gasteiger partial charge in [-0.3, -0.25) is 5.32 Å². The normalized spacial score (nSPS) is 18.8. The molecule has 1 aromatic heterocycles. The average molecular weight is 523 g/mol. The Labute approximate surface area is 216 Å². The van der Waals surface area contributed by atoms with Gasteiger partial charge in [0.2, 0.25) is 0 Å². The number of morpholine rings is 1. The summed E-state index contributed by atoms with van der Waals surface area (Å²) in [5.74, 6) is 1.60. The van der Waals surface area contributed by atoms with Crippen LogP contribution < -0.4 is 15.0 Å². The number of hydrogen-bond donors (Lipinski definition) is 1. The molecule has 194 valence electrons. The van der Waals surface area contributed by atoms with E-state index in [1.54, 1.807) is 48.5 Å². The zero-order valence-corrected chi connectivity index (χ0v) is 21.7. The Hall–Kier alpha value is -3.50. The molecule has 0 unspecified atom stereocenters. The molecule has 9 nitrogen and oxygen atoms in total. The van der Waals surface area contributed by atoms with Crippen molar-refractivity contribution in [1.82, 2.24) is 9.97 Å². The minimum atomic E-state index is -3.35. The Morgan fingerprint density at radius 2 is 1.86 bits per heavy atom. The highest BCUT2D eigenvalue weighted by Gasteiger charge is 2.55. The Kier molecular flexibility index (Phi) is 6.87. The number of amides is 1. The van der Waals surface area contributed by atoms with Crippen LogP contribution >= 0.6 is 0 Å². The second kappa shape index (κ2) is 10.1. The predicted molar refractivity (Wildman–Crippen MR) is 142 cm³/mol. The summed E-state index contributed by atoms with van der Waals surface area (Å²) in [7, 11) is -3.35. The van der Waals surface area contributed by atoms with Gasteiger partial charge in [0, 0.05) is 30.1 Å². The van der Waals surface area contributed by atoms with Crippen molar-refractivity contribution in [3.63, 3.8) is 0 Å². The van der Waals surface area contributed by atoms with Gasteiger partial charge in [0.25, 0.3) is 0 Å². The molecule has 2 fully saturated rings. The standard InChI is InChI=1S/C27H30N4O5S/c1-3-21-18-35-16-15-31(21)24-17-23(27(13-14-27)37(2,33)34)29-25(30-24)19-9-11-20(12-10-19)28-26(32)36-22-7-5-4-6-8-22/h4-12,17,21H,3,13-16,18H2,1-2H3,(H,28,32)/t21-/m0/s1. The SMILES string of the molecule is CC[C@H]1COCCN1c1cc(C2(S(C)(=O)=O)CC2)nc(-c2ccc(NC(=O)Oc3ccccc3)cc2)n1. The molecular weight excluding hydrogens is 492 g/mol. The van der Waals surface area contributed by atoms with Crippen LogP contribution in [-0.2, 0) is 19.3 Å². The van der Waals surface area contributed by atoms with Gasteiger partial charge < -0.3 is 14.4 Å². The van der Waals surface area contributed by atoms with Crippen LogP contribution in [0.3, 0.4) is 0 Å². The van der Waals surface area contributed by atoms with Crippen molar-refractivity contribution in [3.8, 4) is 17.1 Å². The Bertz CT molecular complexity index is 1380. The minimum absolute atomic E-state index is 0.153. The lowest BCUT2D eigenvalue weighted by Gasteiger charge is -2.36. The number of rotatable bonds is 7. The van der Waals surface area contributed by atoms with Gasteiger partial charge in [0.05, 0.1) is 24.9 Å². The predicted octanol–water partition coefficient (Wildman–Crippen LogP) is 4.40. The van der Waals surface area contributed by atoms with Gasteiger partial charge >= 0.3 is 6.09 Å². The van der Waals surface area contributed by atoms with E-state index in [4.69, 9.17) is 19.4 Å². The number of nitrogens with zero attached hydrogens (tertiary/aromatic N) is 3. The van der Waals surface area contributed by atoms with E-state index in [1.807, 2.05) is 12.1 Å². The maximum absolute atomic E-state index is 12.7. The molecule has 3 aromatic rings. The molecule has 0 bridgehead atoms. The third-order valence-electron chi connectivity index (χ3n) is 6.93. The molecule has 2 aromatic carbocycles. The van der Waals surface area contributed by atoms with E-state index in [0.29, 0.717) is 61.4 Å². The molecule has 1 atom stereocenters. The number of anilines is 2. The fraction of sp³-hybridized carbons (Fsp3) is 0.370. The number of aromatic nitrogens is 2. The number of para-hydroxylation sites is 1. The first-order chi connectivity index (χ1) is 17.8. The smallest absolute Gasteiger partial charge is 0.410 e. The van der Waals surface area contributed by atoms with Crippen LogP contribution in [0.2, 0.25) is 0 Å². The molecular formula is C27H30N4O5S.